The zero-order valence-electron chi connectivity index (χ0n) is 14.3. The van der Waals surface area contributed by atoms with Crippen LogP contribution < -0.4 is 10.6 Å². The lowest BCUT2D eigenvalue weighted by atomic mass is 9.99. The van der Waals surface area contributed by atoms with Gasteiger partial charge in [0.1, 0.15) is 5.82 Å². The van der Waals surface area contributed by atoms with E-state index in [2.05, 4.69) is 11.8 Å². The van der Waals surface area contributed by atoms with E-state index in [4.69, 9.17) is 5.73 Å². The highest BCUT2D eigenvalue weighted by Crippen LogP contribution is 2.24. The van der Waals surface area contributed by atoms with Gasteiger partial charge < -0.3 is 15.5 Å². The predicted molar refractivity (Wildman–Crippen MR) is 91.8 cm³/mol. The van der Waals surface area contributed by atoms with Gasteiger partial charge in [0, 0.05) is 31.4 Å². The van der Waals surface area contributed by atoms with Gasteiger partial charge in [-0.15, -0.1) is 0 Å². The Labute approximate surface area is 138 Å². The first kappa shape index (κ1) is 17.7. The standard InChI is InChI=1S/C18H28FN3O/c1-4-22(15-7-5-14(19)6-8-15)16-9-11-21(12-10-16)18(23)17(20)13(2)3/h5-8,13,16-17H,4,9-12,20H2,1-3H3/t17-/m0/s1. The number of halogens is 1. The van der Waals surface area contributed by atoms with E-state index in [1.807, 2.05) is 30.9 Å². The number of nitrogens with two attached hydrogens (primary N) is 1. The molecule has 0 aliphatic carbocycles. The van der Waals surface area contributed by atoms with Crippen molar-refractivity contribution in [1.82, 2.24) is 4.90 Å². The van der Waals surface area contributed by atoms with Crippen LogP contribution in [0.15, 0.2) is 24.3 Å². The lowest BCUT2D eigenvalue weighted by Gasteiger charge is -2.40. The number of amides is 1. The molecule has 1 fully saturated rings. The molecule has 0 aromatic heterocycles. The average Bonchev–Trinajstić information content (AvgIpc) is 2.56. The Morgan fingerprint density at radius 1 is 1.30 bits per heavy atom. The molecular formula is C18H28FN3O. The van der Waals surface area contributed by atoms with Crippen LogP contribution >= 0.6 is 0 Å². The maximum absolute atomic E-state index is 13.1. The van der Waals surface area contributed by atoms with Gasteiger partial charge in [-0.05, 0) is 49.9 Å². The zero-order valence-corrected chi connectivity index (χ0v) is 14.3. The van der Waals surface area contributed by atoms with Crippen molar-refractivity contribution in [3.8, 4) is 0 Å². The number of likely N-dealkylation sites (tertiary alicyclic amines) is 1. The highest BCUT2D eigenvalue weighted by Gasteiger charge is 2.29. The number of carbonyl (C=O) groups is 1. The summed E-state index contributed by atoms with van der Waals surface area (Å²) < 4.78 is 13.1. The summed E-state index contributed by atoms with van der Waals surface area (Å²) in [5, 5.41) is 0. The van der Waals surface area contributed by atoms with Crippen LogP contribution in [0.3, 0.4) is 0 Å². The average molecular weight is 321 g/mol. The molecule has 0 spiro atoms. The molecule has 1 aliphatic rings. The molecule has 2 rings (SSSR count). The maximum atomic E-state index is 13.1. The van der Waals surface area contributed by atoms with E-state index in [0.717, 1.165) is 38.2 Å². The first-order chi connectivity index (χ1) is 10.9. The van der Waals surface area contributed by atoms with Crippen LogP contribution in [-0.2, 0) is 4.79 Å². The zero-order chi connectivity index (χ0) is 17.0. The monoisotopic (exact) mass is 321 g/mol. The molecule has 0 bridgehead atoms. The van der Waals surface area contributed by atoms with Crippen molar-refractivity contribution in [2.45, 2.75) is 45.7 Å². The topological polar surface area (TPSA) is 49.6 Å². The quantitative estimate of drug-likeness (QED) is 0.907. The summed E-state index contributed by atoms with van der Waals surface area (Å²) in [5.74, 6) is 0.00255. The van der Waals surface area contributed by atoms with Gasteiger partial charge in [0.15, 0.2) is 0 Å². The van der Waals surface area contributed by atoms with Crippen LogP contribution in [0.2, 0.25) is 0 Å². The third kappa shape index (κ3) is 4.22. The molecule has 4 nitrogen and oxygen atoms in total. The van der Waals surface area contributed by atoms with Gasteiger partial charge in [0.05, 0.1) is 6.04 Å². The van der Waals surface area contributed by atoms with Gasteiger partial charge in [-0.25, -0.2) is 4.39 Å². The summed E-state index contributed by atoms with van der Waals surface area (Å²) in [5.41, 5.74) is 7.02. The lowest BCUT2D eigenvalue weighted by Crippen LogP contribution is -2.52. The number of benzene rings is 1. The third-order valence-corrected chi connectivity index (χ3v) is 4.72. The molecule has 1 atom stereocenters. The third-order valence-electron chi connectivity index (χ3n) is 4.72. The normalized spacial score (nSPS) is 17.4. The van der Waals surface area contributed by atoms with E-state index >= 15 is 0 Å². The molecule has 1 heterocycles. The van der Waals surface area contributed by atoms with E-state index in [1.165, 1.54) is 12.1 Å². The van der Waals surface area contributed by atoms with E-state index < -0.39 is 6.04 Å². The second-order valence-corrected chi connectivity index (χ2v) is 6.59. The maximum Gasteiger partial charge on any atom is 0.239 e. The van der Waals surface area contributed by atoms with Crippen molar-refractivity contribution in [2.75, 3.05) is 24.5 Å². The van der Waals surface area contributed by atoms with Gasteiger partial charge in [0.25, 0.3) is 0 Å². The van der Waals surface area contributed by atoms with Crippen LogP contribution in [0.4, 0.5) is 10.1 Å². The molecule has 1 saturated heterocycles. The molecule has 5 heteroatoms. The summed E-state index contributed by atoms with van der Waals surface area (Å²) in [6, 6.07) is 6.61. The first-order valence-electron chi connectivity index (χ1n) is 8.50. The Kier molecular flexibility index (Phi) is 5.99. The van der Waals surface area contributed by atoms with Gasteiger partial charge in [-0.1, -0.05) is 13.8 Å². The van der Waals surface area contributed by atoms with E-state index in [9.17, 15) is 9.18 Å². The summed E-state index contributed by atoms with van der Waals surface area (Å²) >= 11 is 0. The Balaban J connectivity index is 1.97. The number of nitrogens with zero attached hydrogens (tertiary/aromatic N) is 2. The smallest absolute Gasteiger partial charge is 0.239 e. The fourth-order valence-corrected chi connectivity index (χ4v) is 3.18. The van der Waals surface area contributed by atoms with Crippen molar-refractivity contribution >= 4 is 11.6 Å². The van der Waals surface area contributed by atoms with Gasteiger partial charge in [-0.2, -0.15) is 0 Å². The van der Waals surface area contributed by atoms with Crippen LogP contribution in [0, 0.1) is 11.7 Å². The predicted octanol–water partition coefficient (Wildman–Crippen LogP) is 2.63. The van der Waals surface area contributed by atoms with Crippen molar-refractivity contribution < 1.29 is 9.18 Å². The molecule has 1 aromatic carbocycles. The van der Waals surface area contributed by atoms with Crippen molar-refractivity contribution in [2.24, 2.45) is 11.7 Å². The SMILES string of the molecule is CCN(c1ccc(F)cc1)C1CCN(C(=O)[C@@H](N)C(C)C)CC1. The summed E-state index contributed by atoms with van der Waals surface area (Å²) in [6.45, 7) is 8.40. The molecule has 1 aliphatic heterocycles. The van der Waals surface area contributed by atoms with Gasteiger partial charge in [-0.3, -0.25) is 4.79 Å². The number of piperidine rings is 1. The van der Waals surface area contributed by atoms with Crippen LogP contribution in [0.25, 0.3) is 0 Å². The van der Waals surface area contributed by atoms with Crippen LogP contribution in [0.1, 0.15) is 33.6 Å². The molecule has 23 heavy (non-hydrogen) atoms. The van der Waals surface area contributed by atoms with Gasteiger partial charge >= 0.3 is 0 Å². The molecular weight excluding hydrogens is 293 g/mol. The first-order valence-corrected chi connectivity index (χ1v) is 8.50. The minimum absolute atomic E-state index is 0.0586. The molecule has 0 unspecified atom stereocenters. The highest BCUT2D eigenvalue weighted by atomic mass is 19.1. The van der Waals surface area contributed by atoms with Gasteiger partial charge in [0.2, 0.25) is 5.91 Å². The second kappa shape index (κ2) is 7.77. The summed E-state index contributed by atoms with van der Waals surface area (Å²) in [6.07, 6.45) is 1.84. The Hall–Kier alpha value is -1.62. The minimum Gasteiger partial charge on any atom is -0.369 e. The van der Waals surface area contributed by atoms with Crippen molar-refractivity contribution in [3.63, 3.8) is 0 Å². The number of hydrogen-bond donors (Lipinski definition) is 1. The molecule has 0 radical (unpaired) electrons. The Morgan fingerprint density at radius 3 is 2.35 bits per heavy atom. The largest absolute Gasteiger partial charge is 0.369 e. The van der Waals surface area contributed by atoms with E-state index in [-0.39, 0.29) is 17.6 Å². The fraction of sp³-hybridized carbons (Fsp3) is 0.611. The Bertz CT molecular complexity index is 510. The van der Waals surface area contributed by atoms with Crippen molar-refractivity contribution in [3.05, 3.63) is 30.1 Å². The highest BCUT2D eigenvalue weighted by molar-refractivity contribution is 5.82. The lowest BCUT2D eigenvalue weighted by molar-refractivity contribution is -0.134. The number of carbonyl (C=O) groups excluding carboxylic acids is 1. The van der Waals surface area contributed by atoms with Crippen LogP contribution in [0.5, 0.6) is 0 Å². The molecule has 1 aromatic rings. The second-order valence-electron chi connectivity index (χ2n) is 6.59. The Morgan fingerprint density at radius 2 is 1.87 bits per heavy atom. The molecule has 128 valence electrons. The van der Waals surface area contributed by atoms with Crippen molar-refractivity contribution in [1.29, 1.82) is 0 Å². The fourth-order valence-electron chi connectivity index (χ4n) is 3.18. The summed E-state index contributed by atoms with van der Waals surface area (Å²) in [4.78, 5) is 16.5. The van der Waals surface area contributed by atoms with E-state index in [1.54, 1.807) is 0 Å². The molecule has 0 saturated carbocycles. The number of hydrogen-bond acceptors (Lipinski definition) is 3. The van der Waals surface area contributed by atoms with Crippen LogP contribution in [-0.4, -0.2) is 42.5 Å². The minimum atomic E-state index is -0.411. The number of rotatable bonds is 5. The van der Waals surface area contributed by atoms with E-state index in [0.29, 0.717) is 6.04 Å². The summed E-state index contributed by atoms with van der Waals surface area (Å²) in [7, 11) is 0. The number of anilines is 1. The molecule has 1 amide bonds. The molecule has 2 N–H and O–H groups in total.